The normalized spacial score (nSPS) is 12.2. The molecule has 0 bridgehead atoms. The number of furan rings is 1. The number of hydrogen-bond acceptors (Lipinski definition) is 5. The van der Waals surface area contributed by atoms with E-state index in [4.69, 9.17) is 4.42 Å². The van der Waals surface area contributed by atoms with Gasteiger partial charge in [-0.15, -0.1) is 0 Å². The Hall–Kier alpha value is -1.03. The SMILES string of the molecule is CNCc1ccc(S(=O)(=O)NCCOCC(F)F)o1. The first-order valence-corrected chi connectivity index (χ1v) is 7.03. The highest BCUT2D eigenvalue weighted by molar-refractivity contribution is 7.89. The third-order valence-corrected chi connectivity index (χ3v) is 3.37. The minimum Gasteiger partial charge on any atom is -0.447 e. The summed E-state index contributed by atoms with van der Waals surface area (Å²) in [5.74, 6) is 0.483. The lowest BCUT2D eigenvalue weighted by Gasteiger charge is -2.05. The average molecular weight is 298 g/mol. The van der Waals surface area contributed by atoms with E-state index in [9.17, 15) is 17.2 Å². The van der Waals surface area contributed by atoms with Gasteiger partial charge >= 0.3 is 0 Å². The Bertz CT molecular complexity index is 476. The predicted octanol–water partition coefficient (Wildman–Crippen LogP) is 0.559. The lowest BCUT2D eigenvalue weighted by atomic mass is 10.4. The van der Waals surface area contributed by atoms with Crippen molar-refractivity contribution in [3.8, 4) is 0 Å². The van der Waals surface area contributed by atoms with Crippen LogP contribution in [0.4, 0.5) is 8.78 Å². The van der Waals surface area contributed by atoms with Crippen molar-refractivity contribution in [2.75, 3.05) is 26.8 Å². The molecule has 0 radical (unpaired) electrons. The van der Waals surface area contributed by atoms with Gasteiger partial charge < -0.3 is 14.5 Å². The summed E-state index contributed by atoms with van der Waals surface area (Å²) in [6, 6.07) is 2.87. The first kappa shape index (κ1) is 16.0. The van der Waals surface area contributed by atoms with Crippen LogP contribution in [0.5, 0.6) is 0 Å². The molecule has 1 heterocycles. The lowest BCUT2D eigenvalue weighted by molar-refractivity contribution is 0.0198. The van der Waals surface area contributed by atoms with E-state index in [1.165, 1.54) is 6.07 Å². The lowest BCUT2D eigenvalue weighted by Crippen LogP contribution is -2.27. The third-order valence-electron chi connectivity index (χ3n) is 2.04. The van der Waals surface area contributed by atoms with Crippen LogP contribution in [0.2, 0.25) is 0 Å². The molecule has 0 aliphatic carbocycles. The van der Waals surface area contributed by atoms with Crippen LogP contribution in [0.15, 0.2) is 21.6 Å². The molecule has 9 heteroatoms. The number of halogens is 2. The average Bonchev–Trinajstić information content (AvgIpc) is 2.78. The number of sulfonamides is 1. The quantitative estimate of drug-likeness (QED) is 0.651. The van der Waals surface area contributed by atoms with E-state index in [0.29, 0.717) is 12.3 Å². The molecule has 6 nitrogen and oxygen atoms in total. The Balaban J connectivity index is 2.42. The van der Waals surface area contributed by atoms with Gasteiger partial charge in [0.25, 0.3) is 16.4 Å². The summed E-state index contributed by atoms with van der Waals surface area (Å²) in [6.45, 7) is -0.535. The highest BCUT2D eigenvalue weighted by atomic mass is 32.2. The highest BCUT2D eigenvalue weighted by Gasteiger charge is 2.18. The van der Waals surface area contributed by atoms with Gasteiger partial charge in [0.1, 0.15) is 12.4 Å². The van der Waals surface area contributed by atoms with Crippen molar-refractivity contribution in [2.24, 2.45) is 0 Å². The summed E-state index contributed by atoms with van der Waals surface area (Å²) in [5.41, 5.74) is 0. The summed E-state index contributed by atoms with van der Waals surface area (Å²) < 4.78 is 58.8. The predicted molar refractivity (Wildman–Crippen MR) is 63.5 cm³/mol. The second-order valence-electron chi connectivity index (χ2n) is 3.61. The number of nitrogens with one attached hydrogen (secondary N) is 2. The van der Waals surface area contributed by atoms with Gasteiger partial charge in [-0.05, 0) is 19.2 Å². The van der Waals surface area contributed by atoms with Gasteiger partial charge in [-0.1, -0.05) is 0 Å². The van der Waals surface area contributed by atoms with Crippen LogP contribution in [-0.2, 0) is 21.3 Å². The zero-order valence-corrected chi connectivity index (χ0v) is 11.2. The standard InChI is InChI=1S/C10H16F2N2O4S/c1-13-6-8-2-3-10(18-8)19(15,16)14-4-5-17-7-9(11)12/h2-3,9,13-14H,4-7H2,1H3. The van der Waals surface area contributed by atoms with E-state index in [2.05, 4.69) is 14.8 Å². The van der Waals surface area contributed by atoms with Gasteiger partial charge in [0.15, 0.2) is 0 Å². The van der Waals surface area contributed by atoms with Crippen molar-refractivity contribution < 1.29 is 26.4 Å². The third kappa shape index (κ3) is 5.64. The van der Waals surface area contributed by atoms with Crippen LogP contribution in [0.1, 0.15) is 5.76 Å². The van der Waals surface area contributed by atoms with E-state index in [0.717, 1.165) is 0 Å². The van der Waals surface area contributed by atoms with Crippen molar-refractivity contribution in [1.82, 2.24) is 10.0 Å². The molecule has 0 spiro atoms. The molecule has 110 valence electrons. The summed E-state index contributed by atoms with van der Waals surface area (Å²) in [7, 11) is -2.07. The van der Waals surface area contributed by atoms with Gasteiger partial charge in [0.05, 0.1) is 13.2 Å². The Morgan fingerprint density at radius 2 is 2.16 bits per heavy atom. The Morgan fingerprint density at radius 1 is 1.42 bits per heavy atom. The monoisotopic (exact) mass is 298 g/mol. The van der Waals surface area contributed by atoms with Crippen LogP contribution in [0.3, 0.4) is 0 Å². The molecule has 0 amide bonds. The summed E-state index contributed by atoms with van der Waals surface area (Å²) in [5, 5.41) is 2.60. The largest absolute Gasteiger partial charge is 0.447 e. The second-order valence-corrected chi connectivity index (χ2v) is 5.31. The molecule has 1 aromatic heterocycles. The maximum absolute atomic E-state index is 11.8. The van der Waals surface area contributed by atoms with Crippen LogP contribution in [-0.4, -0.2) is 41.6 Å². The minimum absolute atomic E-state index is 0.100. The van der Waals surface area contributed by atoms with Crippen LogP contribution < -0.4 is 10.0 Å². The summed E-state index contributed by atoms with van der Waals surface area (Å²) in [6.07, 6.45) is -2.56. The van der Waals surface area contributed by atoms with E-state index in [1.807, 2.05) is 0 Å². The molecular formula is C10H16F2N2O4S. The fraction of sp³-hybridized carbons (Fsp3) is 0.600. The molecule has 0 aromatic carbocycles. The van der Waals surface area contributed by atoms with Gasteiger partial charge in [-0.25, -0.2) is 21.9 Å². The van der Waals surface area contributed by atoms with Crippen molar-refractivity contribution in [3.63, 3.8) is 0 Å². The molecule has 0 saturated heterocycles. The van der Waals surface area contributed by atoms with Crippen molar-refractivity contribution in [3.05, 3.63) is 17.9 Å². The number of hydrogen-bond donors (Lipinski definition) is 2. The second kappa shape index (κ2) is 7.53. The molecule has 0 atom stereocenters. The molecular weight excluding hydrogens is 282 g/mol. The molecule has 0 unspecified atom stereocenters. The van der Waals surface area contributed by atoms with Crippen molar-refractivity contribution in [2.45, 2.75) is 18.1 Å². The topological polar surface area (TPSA) is 80.6 Å². The molecule has 0 aliphatic heterocycles. The molecule has 0 fully saturated rings. The van der Waals surface area contributed by atoms with E-state index in [1.54, 1.807) is 13.1 Å². The van der Waals surface area contributed by atoms with Crippen LogP contribution in [0, 0.1) is 0 Å². The molecule has 1 rings (SSSR count). The molecule has 0 saturated carbocycles. The fourth-order valence-corrected chi connectivity index (χ4v) is 2.22. The fourth-order valence-electron chi connectivity index (χ4n) is 1.26. The van der Waals surface area contributed by atoms with E-state index >= 15 is 0 Å². The number of ether oxygens (including phenoxy) is 1. The smallest absolute Gasteiger partial charge is 0.274 e. The number of alkyl halides is 2. The molecule has 2 N–H and O–H groups in total. The zero-order valence-electron chi connectivity index (χ0n) is 10.4. The number of rotatable bonds is 9. The first-order valence-electron chi connectivity index (χ1n) is 5.54. The Morgan fingerprint density at radius 3 is 2.79 bits per heavy atom. The van der Waals surface area contributed by atoms with Gasteiger partial charge in [-0.3, -0.25) is 0 Å². The van der Waals surface area contributed by atoms with Gasteiger partial charge in [0.2, 0.25) is 5.09 Å². The summed E-state index contributed by atoms with van der Waals surface area (Å²) >= 11 is 0. The zero-order chi connectivity index (χ0) is 14.3. The maximum atomic E-state index is 11.8. The molecule has 1 aromatic rings. The minimum atomic E-state index is -3.77. The van der Waals surface area contributed by atoms with E-state index in [-0.39, 0.29) is 18.2 Å². The summed E-state index contributed by atoms with van der Waals surface area (Å²) in [4.78, 5) is 0. The highest BCUT2D eigenvalue weighted by Crippen LogP contribution is 2.13. The molecule has 19 heavy (non-hydrogen) atoms. The van der Waals surface area contributed by atoms with Crippen molar-refractivity contribution in [1.29, 1.82) is 0 Å². The maximum Gasteiger partial charge on any atom is 0.274 e. The van der Waals surface area contributed by atoms with Crippen LogP contribution >= 0.6 is 0 Å². The Kier molecular flexibility index (Phi) is 6.35. The molecule has 0 aliphatic rings. The van der Waals surface area contributed by atoms with Gasteiger partial charge in [0, 0.05) is 6.54 Å². The first-order chi connectivity index (χ1) is 8.95. The van der Waals surface area contributed by atoms with Crippen molar-refractivity contribution >= 4 is 10.0 Å². The van der Waals surface area contributed by atoms with E-state index < -0.39 is 23.1 Å². The van der Waals surface area contributed by atoms with Crippen LogP contribution in [0.25, 0.3) is 0 Å². The Labute approximate surface area is 110 Å². The van der Waals surface area contributed by atoms with Gasteiger partial charge in [-0.2, -0.15) is 0 Å².